The van der Waals surface area contributed by atoms with E-state index in [0.29, 0.717) is 0 Å². The molecule has 0 aromatic rings. The first kappa shape index (κ1) is 13.9. The summed E-state index contributed by atoms with van der Waals surface area (Å²) in [4.78, 5) is 0. The summed E-state index contributed by atoms with van der Waals surface area (Å²) in [5, 5.41) is 8.45. The van der Waals surface area contributed by atoms with E-state index in [4.69, 9.17) is 0 Å². The smallest absolute Gasteiger partial charge is 0.0173 e. The van der Waals surface area contributed by atoms with Gasteiger partial charge < -0.3 is 5.32 Å². The Morgan fingerprint density at radius 3 is 2.81 bits per heavy atom. The van der Waals surface area contributed by atoms with Gasteiger partial charge >= 0.3 is 0 Å². The highest BCUT2D eigenvalue weighted by molar-refractivity contribution is 4.73. The normalized spacial score (nSPS) is 23.2. The van der Waals surface area contributed by atoms with Crippen molar-refractivity contribution in [3.8, 4) is 0 Å². The number of hydrazine groups is 1. The summed E-state index contributed by atoms with van der Waals surface area (Å²) >= 11 is 0. The zero-order valence-electron chi connectivity index (χ0n) is 11.5. The summed E-state index contributed by atoms with van der Waals surface area (Å²) in [6, 6.07) is 0. The van der Waals surface area contributed by atoms with Crippen LogP contribution in [0.2, 0.25) is 0 Å². The van der Waals surface area contributed by atoms with E-state index in [1.54, 1.807) is 0 Å². The SMILES string of the molecule is CCN(C)N1CCCC(CNCC(C)C)C1. The standard InChI is InChI=1S/C13H29N3/c1-5-15(4)16-8-6-7-13(11-16)10-14-9-12(2)3/h12-14H,5-11H2,1-4H3. The van der Waals surface area contributed by atoms with E-state index in [2.05, 4.69) is 43.2 Å². The summed E-state index contributed by atoms with van der Waals surface area (Å²) in [7, 11) is 2.20. The first-order valence-electron chi connectivity index (χ1n) is 6.80. The molecule has 1 unspecified atom stereocenters. The number of hydrogen-bond acceptors (Lipinski definition) is 3. The van der Waals surface area contributed by atoms with Crippen LogP contribution >= 0.6 is 0 Å². The monoisotopic (exact) mass is 227 g/mol. The predicted molar refractivity (Wildman–Crippen MR) is 70.3 cm³/mol. The van der Waals surface area contributed by atoms with Gasteiger partial charge in [-0.15, -0.1) is 0 Å². The lowest BCUT2D eigenvalue weighted by molar-refractivity contribution is -0.0301. The van der Waals surface area contributed by atoms with Gasteiger partial charge in [0.05, 0.1) is 0 Å². The van der Waals surface area contributed by atoms with Gasteiger partial charge in [0.25, 0.3) is 0 Å². The number of nitrogens with zero attached hydrogens (tertiary/aromatic N) is 2. The maximum absolute atomic E-state index is 3.59. The Morgan fingerprint density at radius 1 is 1.44 bits per heavy atom. The molecule has 0 radical (unpaired) electrons. The van der Waals surface area contributed by atoms with E-state index < -0.39 is 0 Å². The number of piperidine rings is 1. The van der Waals surface area contributed by atoms with Crippen LogP contribution in [-0.4, -0.2) is 49.8 Å². The molecule has 1 fully saturated rings. The van der Waals surface area contributed by atoms with Crippen molar-refractivity contribution in [1.82, 2.24) is 15.3 Å². The lowest BCUT2D eigenvalue weighted by Gasteiger charge is -2.38. The van der Waals surface area contributed by atoms with Gasteiger partial charge in [0.15, 0.2) is 0 Å². The minimum absolute atomic E-state index is 0.762. The first-order chi connectivity index (χ1) is 7.63. The Labute approximate surface area is 101 Å². The molecule has 1 aliphatic heterocycles. The van der Waals surface area contributed by atoms with Crippen molar-refractivity contribution in [1.29, 1.82) is 0 Å². The van der Waals surface area contributed by atoms with Gasteiger partial charge in [-0.25, -0.2) is 10.0 Å². The topological polar surface area (TPSA) is 18.5 Å². The number of hydrogen-bond donors (Lipinski definition) is 1. The minimum atomic E-state index is 0.762. The molecule has 0 aromatic carbocycles. The van der Waals surface area contributed by atoms with Gasteiger partial charge in [-0.2, -0.15) is 0 Å². The second kappa shape index (κ2) is 7.25. The van der Waals surface area contributed by atoms with Crippen molar-refractivity contribution in [2.75, 3.05) is 39.8 Å². The van der Waals surface area contributed by atoms with Gasteiger partial charge in [-0.05, 0) is 37.8 Å². The highest BCUT2D eigenvalue weighted by Gasteiger charge is 2.21. The lowest BCUT2D eigenvalue weighted by Crippen LogP contribution is -2.47. The molecule has 0 aliphatic carbocycles. The molecular weight excluding hydrogens is 198 g/mol. The van der Waals surface area contributed by atoms with Crippen LogP contribution in [0.3, 0.4) is 0 Å². The molecule has 1 atom stereocenters. The molecule has 1 saturated heterocycles. The molecule has 16 heavy (non-hydrogen) atoms. The lowest BCUT2D eigenvalue weighted by atomic mass is 9.99. The van der Waals surface area contributed by atoms with Crippen molar-refractivity contribution in [2.24, 2.45) is 11.8 Å². The highest BCUT2D eigenvalue weighted by atomic mass is 15.6. The van der Waals surface area contributed by atoms with Crippen LogP contribution in [0, 0.1) is 11.8 Å². The maximum Gasteiger partial charge on any atom is 0.0173 e. The zero-order chi connectivity index (χ0) is 12.0. The summed E-state index contributed by atoms with van der Waals surface area (Å²) in [5.74, 6) is 1.60. The second-order valence-electron chi connectivity index (χ2n) is 5.45. The van der Waals surface area contributed by atoms with Crippen LogP contribution in [-0.2, 0) is 0 Å². The molecule has 1 rings (SSSR count). The number of rotatable bonds is 6. The Morgan fingerprint density at radius 2 is 2.19 bits per heavy atom. The van der Waals surface area contributed by atoms with Crippen molar-refractivity contribution in [3.63, 3.8) is 0 Å². The molecule has 0 spiro atoms. The molecule has 1 aliphatic rings. The van der Waals surface area contributed by atoms with Gasteiger partial charge in [-0.3, -0.25) is 0 Å². The maximum atomic E-state index is 3.59. The fraction of sp³-hybridized carbons (Fsp3) is 1.00. The molecule has 96 valence electrons. The fourth-order valence-electron chi connectivity index (χ4n) is 2.30. The molecule has 3 heteroatoms. The average molecular weight is 227 g/mol. The van der Waals surface area contributed by atoms with Crippen LogP contribution in [0.25, 0.3) is 0 Å². The average Bonchev–Trinajstić information content (AvgIpc) is 2.28. The summed E-state index contributed by atoms with van der Waals surface area (Å²) in [5.41, 5.74) is 0. The van der Waals surface area contributed by atoms with E-state index in [-0.39, 0.29) is 0 Å². The second-order valence-corrected chi connectivity index (χ2v) is 5.45. The fourth-order valence-corrected chi connectivity index (χ4v) is 2.30. The Balaban J connectivity index is 2.22. The van der Waals surface area contributed by atoms with Crippen LogP contribution in [0.4, 0.5) is 0 Å². The van der Waals surface area contributed by atoms with E-state index in [1.165, 1.54) is 32.5 Å². The van der Waals surface area contributed by atoms with Gasteiger partial charge in [0.2, 0.25) is 0 Å². The third-order valence-electron chi connectivity index (χ3n) is 3.42. The predicted octanol–water partition coefficient (Wildman–Crippen LogP) is 1.81. The van der Waals surface area contributed by atoms with Crippen molar-refractivity contribution >= 4 is 0 Å². The summed E-state index contributed by atoms with van der Waals surface area (Å²) in [6.07, 6.45) is 2.73. The molecule has 1 heterocycles. The molecule has 0 aromatic heterocycles. The van der Waals surface area contributed by atoms with Crippen molar-refractivity contribution < 1.29 is 0 Å². The zero-order valence-corrected chi connectivity index (χ0v) is 11.5. The Kier molecular flexibility index (Phi) is 6.32. The minimum Gasteiger partial charge on any atom is -0.316 e. The molecule has 0 amide bonds. The summed E-state index contributed by atoms with van der Waals surface area (Å²) < 4.78 is 0. The molecule has 1 N–H and O–H groups in total. The van der Waals surface area contributed by atoms with Gasteiger partial charge in [0, 0.05) is 26.7 Å². The van der Waals surface area contributed by atoms with E-state index in [9.17, 15) is 0 Å². The third-order valence-corrected chi connectivity index (χ3v) is 3.42. The molecule has 3 nitrogen and oxygen atoms in total. The van der Waals surface area contributed by atoms with Gasteiger partial charge in [0.1, 0.15) is 0 Å². The van der Waals surface area contributed by atoms with Crippen molar-refractivity contribution in [3.05, 3.63) is 0 Å². The van der Waals surface area contributed by atoms with E-state index in [1.807, 2.05) is 0 Å². The quantitative estimate of drug-likeness (QED) is 0.746. The van der Waals surface area contributed by atoms with Gasteiger partial charge in [-0.1, -0.05) is 20.8 Å². The molecular formula is C13H29N3. The molecule has 0 saturated carbocycles. The highest BCUT2D eigenvalue weighted by Crippen LogP contribution is 2.16. The first-order valence-corrected chi connectivity index (χ1v) is 6.80. The van der Waals surface area contributed by atoms with Crippen LogP contribution in [0.1, 0.15) is 33.6 Å². The summed E-state index contributed by atoms with van der Waals surface area (Å²) in [6.45, 7) is 12.7. The van der Waals surface area contributed by atoms with E-state index >= 15 is 0 Å². The van der Waals surface area contributed by atoms with E-state index in [0.717, 1.165) is 24.9 Å². The Hall–Kier alpha value is -0.120. The Bertz CT molecular complexity index is 182. The number of nitrogens with one attached hydrogen (secondary N) is 1. The van der Waals surface area contributed by atoms with Crippen LogP contribution in [0.5, 0.6) is 0 Å². The van der Waals surface area contributed by atoms with Crippen LogP contribution < -0.4 is 5.32 Å². The third kappa shape index (κ3) is 4.81. The largest absolute Gasteiger partial charge is 0.316 e. The molecule has 0 bridgehead atoms. The van der Waals surface area contributed by atoms with Crippen molar-refractivity contribution in [2.45, 2.75) is 33.6 Å². The van der Waals surface area contributed by atoms with Crippen LogP contribution in [0.15, 0.2) is 0 Å².